The van der Waals surface area contributed by atoms with Crippen LogP contribution in [-0.2, 0) is 22.4 Å². The SMILES string of the molecule is COc1ccc(OC)c(CCN2C(=O)CC(Cc3ccc(Cl)cc3)C2=O)c1. The lowest BCUT2D eigenvalue weighted by Gasteiger charge is -2.17. The van der Waals surface area contributed by atoms with Crippen molar-refractivity contribution in [3.05, 3.63) is 58.6 Å². The van der Waals surface area contributed by atoms with E-state index in [0.29, 0.717) is 35.9 Å². The lowest BCUT2D eigenvalue weighted by Crippen LogP contribution is -2.33. The lowest BCUT2D eigenvalue weighted by atomic mass is 9.98. The molecule has 27 heavy (non-hydrogen) atoms. The monoisotopic (exact) mass is 387 g/mol. The lowest BCUT2D eigenvalue weighted by molar-refractivity contribution is -0.139. The second-order valence-corrected chi connectivity index (χ2v) is 6.98. The highest BCUT2D eigenvalue weighted by Gasteiger charge is 2.38. The van der Waals surface area contributed by atoms with Crippen LogP contribution in [0.25, 0.3) is 0 Å². The first-order valence-electron chi connectivity index (χ1n) is 8.81. The summed E-state index contributed by atoms with van der Waals surface area (Å²) in [6.45, 7) is 0.332. The molecule has 2 aromatic carbocycles. The van der Waals surface area contributed by atoms with E-state index in [-0.39, 0.29) is 24.2 Å². The van der Waals surface area contributed by atoms with Gasteiger partial charge in [-0.25, -0.2) is 0 Å². The van der Waals surface area contributed by atoms with Crippen LogP contribution in [0.5, 0.6) is 11.5 Å². The van der Waals surface area contributed by atoms with E-state index in [1.807, 2.05) is 30.3 Å². The molecule has 0 spiro atoms. The van der Waals surface area contributed by atoms with Crippen molar-refractivity contribution in [2.75, 3.05) is 20.8 Å². The minimum atomic E-state index is -0.314. The van der Waals surface area contributed by atoms with Gasteiger partial charge in [0.05, 0.1) is 20.1 Å². The van der Waals surface area contributed by atoms with Gasteiger partial charge in [-0.1, -0.05) is 23.7 Å². The Hall–Kier alpha value is -2.53. The molecular weight excluding hydrogens is 366 g/mol. The van der Waals surface area contributed by atoms with E-state index in [1.165, 1.54) is 4.90 Å². The number of ether oxygens (including phenoxy) is 2. The van der Waals surface area contributed by atoms with Crippen molar-refractivity contribution in [1.82, 2.24) is 4.90 Å². The highest BCUT2D eigenvalue weighted by Crippen LogP contribution is 2.27. The van der Waals surface area contributed by atoms with E-state index >= 15 is 0 Å². The molecule has 1 saturated heterocycles. The van der Waals surface area contributed by atoms with Gasteiger partial charge in [0, 0.05) is 18.0 Å². The Morgan fingerprint density at radius 3 is 2.48 bits per heavy atom. The van der Waals surface area contributed by atoms with Crippen molar-refractivity contribution in [1.29, 1.82) is 0 Å². The number of amides is 2. The van der Waals surface area contributed by atoms with Crippen LogP contribution in [0.4, 0.5) is 0 Å². The maximum atomic E-state index is 12.7. The van der Waals surface area contributed by atoms with Crippen molar-refractivity contribution < 1.29 is 19.1 Å². The Kier molecular flexibility index (Phi) is 6.01. The molecule has 3 rings (SSSR count). The van der Waals surface area contributed by atoms with Gasteiger partial charge in [-0.2, -0.15) is 0 Å². The van der Waals surface area contributed by atoms with E-state index < -0.39 is 0 Å². The van der Waals surface area contributed by atoms with Crippen LogP contribution in [0.2, 0.25) is 5.02 Å². The Morgan fingerprint density at radius 1 is 1.07 bits per heavy atom. The number of hydrogen-bond acceptors (Lipinski definition) is 4. The van der Waals surface area contributed by atoms with Crippen LogP contribution in [0.15, 0.2) is 42.5 Å². The van der Waals surface area contributed by atoms with Crippen molar-refractivity contribution in [2.45, 2.75) is 19.3 Å². The Bertz CT molecular complexity index is 835. The van der Waals surface area contributed by atoms with E-state index in [9.17, 15) is 9.59 Å². The van der Waals surface area contributed by atoms with E-state index in [1.54, 1.807) is 26.4 Å². The van der Waals surface area contributed by atoms with E-state index in [2.05, 4.69) is 0 Å². The van der Waals surface area contributed by atoms with Gasteiger partial charge in [-0.15, -0.1) is 0 Å². The Balaban J connectivity index is 1.66. The molecule has 6 heteroatoms. The summed E-state index contributed by atoms with van der Waals surface area (Å²) in [6.07, 6.45) is 1.31. The number of benzene rings is 2. The molecule has 2 amide bonds. The third-order valence-electron chi connectivity index (χ3n) is 4.83. The summed E-state index contributed by atoms with van der Waals surface area (Å²) >= 11 is 5.90. The van der Waals surface area contributed by atoms with Crippen LogP contribution in [0.1, 0.15) is 17.5 Å². The number of carbonyl (C=O) groups excluding carboxylic acids is 2. The van der Waals surface area contributed by atoms with Crippen LogP contribution in [0, 0.1) is 5.92 Å². The fourth-order valence-electron chi connectivity index (χ4n) is 3.36. The van der Waals surface area contributed by atoms with Crippen molar-refractivity contribution >= 4 is 23.4 Å². The maximum Gasteiger partial charge on any atom is 0.233 e. The van der Waals surface area contributed by atoms with Crippen molar-refractivity contribution in [3.63, 3.8) is 0 Å². The number of imide groups is 1. The van der Waals surface area contributed by atoms with Crippen molar-refractivity contribution in [3.8, 4) is 11.5 Å². The summed E-state index contributed by atoms with van der Waals surface area (Å²) in [5.41, 5.74) is 1.90. The smallest absolute Gasteiger partial charge is 0.233 e. The molecular formula is C21H22ClNO4. The number of rotatable bonds is 7. The number of likely N-dealkylation sites (tertiary alicyclic amines) is 1. The Morgan fingerprint density at radius 2 is 1.81 bits per heavy atom. The topological polar surface area (TPSA) is 55.8 Å². The molecule has 1 unspecified atom stereocenters. The van der Waals surface area contributed by atoms with Crippen LogP contribution in [0.3, 0.4) is 0 Å². The van der Waals surface area contributed by atoms with Gasteiger partial charge in [0.15, 0.2) is 0 Å². The second-order valence-electron chi connectivity index (χ2n) is 6.54. The number of halogens is 1. The summed E-state index contributed by atoms with van der Waals surface area (Å²) in [4.78, 5) is 26.4. The van der Waals surface area contributed by atoms with Crippen LogP contribution >= 0.6 is 11.6 Å². The van der Waals surface area contributed by atoms with Gasteiger partial charge in [-0.05, 0) is 54.3 Å². The van der Waals surface area contributed by atoms with Gasteiger partial charge in [0.25, 0.3) is 0 Å². The van der Waals surface area contributed by atoms with Crippen LogP contribution in [-0.4, -0.2) is 37.5 Å². The molecule has 0 N–H and O–H groups in total. The zero-order valence-corrected chi connectivity index (χ0v) is 16.2. The van der Waals surface area contributed by atoms with Gasteiger partial charge in [-0.3, -0.25) is 14.5 Å². The largest absolute Gasteiger partial charge is 0.497 e. The van der Waals surface area contributed by atoms with Gasteiger partial charge in [0.1, 0.15) is 11.5 Å². The maximum absolute atomic E-state index is 12.7. The molecule has 1 atom stereocenters. The normalized spacial score (nSPS) is 16.7. The summed E-state index contributed by atoms with van der Waals surface area (Å²) in [7, 11) is 3.19. The molecule has 1 fully saturated rings. The Labute approximate surface area is 163 Å². The number of hydrogen-bond donors (Lipinski definition) is 0. The summed E-state index contributed by atoms with van der Waals surface area (Å²) in [5.74, 6) is 0.876. The standard InChI is InChI=1S/C21H22ClNO4/c1-26-18-7-8-19(27-2)15(12-18)9-10-23-20(24)13-16(21(23)25)11-14-3-5-17(22)6-4-14/h3-8,12,16H,9-11,13H2,1-2H3. The molecule has 1 aliphatic rings. The quantitative estimate of drug-likeness (QED) is 0.682. The van der Waals surface area contributed by atoms with Gasteiger partial charge < -0.3 is 9.47 Å². The minimum Gasteiger partial charge on any atom is -0.497 e. The average molecular weight is 388 g/mol. The second kappa shape index (κ2) is 8.44. The molecule has 5 nitrogen and oxygen atoms in total. The van der Waals surface area contributed by atoms with Crippen LogP contribution < -0.4 is 9.47 Å². The first-order chi connectivity index (χ1) is 13.0. The predicted octanol–water partition coefficient (Wildman–Crippen LogP) is 3.52. The fraction of sp³-hybridized carbons (Fsp3) is 0.333. The molecule has 0 aliphatic carbocycles. The molecule has 1 aliphatic heterocycles. The third-order valence-corrected chi connectivity index (χ3v) is 5.08. The molecule has 0 saturated carbocycles. The molecule has 0 radical (unpaired) electrons. The summed E-state index contributed by atoms with van der Waals surface area (Å²) in [6, 6.07) is 12.9. The zero-order chi connectivity index (χ0) is 19.4. The van der Waals surface area contributed by atoms with Gasteiger partial charge >= 0.3 is 0 Å². The summed E-state index contributed by atoms with van der Waals surface area (Å²) in [5, 5.41) is 0.654. The van der Waals surface area contributed by atoms with E-state index in [4.69, 9.17) is 21.1 Å². The molecule has 0 aromatic heterocycles. The first-order valence-corrected chi connectivity index (χ1v) is 9.19. The average Bonchev–Trinajstić information content (AvgIpc) is 2.94. The highest BCUT2D eigenvalue weighted by atomic mass is 35.5. The molecule has 2 aromatic rings. The fourth-order valence-corrected chi connectivity index (χ4v) is 3.49. The highest BCUT2D eigenvalue weighted by molar-refractivity contribution is 6.30. The summed E-state index contributed by atoms with van der Waals surface area (Å²) < 4.78 is 10.6. The number of nitrogens with zero attached hydrogens (tertiary/aromatic N) is 1. The predicted molar refractivity (Wildman–Crippen MR) is 103 cm³/mol. The molecule has 142 valence electrons. The van der Waals surface area contributed by atoms with Crippen molar-refractivity contribution in [2.24, 2.45) is 5.92 Å². The third kappa shape index (κ3) is 4.42. The zero-order valence-electron chi connectivity index (χ0n) is 15.4. The number of carbonyl (C=O) groups is 2. The molecule has 0 bridgehead atoms. The number of methoxy groups -OCH3 is 2. The molecule has 1 heterocycles. The van der Waals surface area contributed by atoms with Gasteiger partial charge in [0.2, 0.25) is 11.8 Å². The minimum absolute atomic E-state index is 0.114. The van der Waals surface area contributed by atoms with E-state index in [0.717, 1.165) is 11.1 Å². The first kappa shape index (κ1) is 19.2.